The summed E-state index contributed by atoms with van der Waals surface area (Å²) in [5.41, 5.74) is 2.01. The van der Waals surface area contributed by atoms with Crippen molar-refractivity contribution in [1.29, 1.82) is 0 Å². The van der Waals surface area contributed by atoms with E-state index in [1.54, 1.807) is 6.92 Å². The molecule has 0 amide bonds. The lowest BCUT2D eigenvalue weighted by Gasteiger charge is -2.57. The lowest BCUT2D eigenvalue weighted by atomic mass is 9.47. The van der Waals surface area contributed by atoms with Crippen LogP contribution in [-0.2, 0) is 10.0 Å². The topological polar surface area (TPSA) is 69.6 Å². The van der Waals surface area contributed by atoms with Gasteiger partial charge in [0.15, 0.2) is 0 Å². The first-order valence-corrected chi connectivity index (χ1v) is 9.91. The van der Waals surface area contributed by atoms with Gasteiger partial charge in [-0.3, -0.25) is 4.79 Å². The Morgan fingerprint density at radius 2 is 1.92 bits per heavy atom. The van der Waals surface area contributed by atoms with Gasteiger partial charge in [-0.1, -0.05) is 19.4 Å². The average Bonchev–Trinajstić information content (AvgIpc) is 2.92. The summed E-state index contributed by atoms with van der Waals surface area (Å²) in [6.45, 7) is 6.35. The minimum Gasteiger partial charge on any atom is -0.393 e. The smallest absolute Gasteiger partial charge is 0.133 e. The van der Waals surface area contributed by atoms with Gasteiger partial charge in [-0.2, -0.15) is 0 Å². The number of hydrogen-bond acceptors (Lipinski definition) is 3. The van der Waals surface area contributed by atoms with Crippen LogP contribution in [0.25, 0.3) is 0 Å². The number of carbonyl (C=O) groups is 1. The summed E-state index contributed by atoms with van der Waals surface area (Å²) in [5, 5.41) is 25.3. The van der Waals surface area contributed by atoms with E-state index in [0.717, 1.165) is 38.5 Å². The van der Waals surface area contributed by atoms with Crippen LogP contribution in [0.4, 0.5) is 0 Å². The molecule has 7 atom stereocenters. The molecule has 4 nitrogen and oxygen atoms in total. The van der Waals surface area contributed by atoms with Crippen molar-refractivity contribution in [2.24, 2.45) is 39.7 Å². The van der Waals surface area contributed by atoms with E-state index in [9.17, 15) is 15.1 Å². The number of allylic oxidation sites excluding steroid dienone is 1. The molecule has 3 fully saturated rings. The largest absolute Gasteiger partial charge is 0.393 e. The average molecular weight is 344 g/mol. The van der Waals surface area contributed by atoms with Gasteiger partial charge in [0.25, 0.3) is 0 Å². The van der Waals surface area contributed by atoms with Crippen molar-refractivity contribution in [3.8, 4) is 0 Å². The molecule has 0 aromatic rings. The fraction of sp³-hybridized carbons (Fsp3) is 0.810. The molecule has 3 saturated carbocycles. The Bertz CT molecular complexity index is 654. The van der Waals surface area contributed by atoms with E-state index in [0.29, 0.717) is 29.8 Å². The van der Waals surface area contributed by atoms with E-state index in [1.807, 2.05) is 6.08 Å². The summed E-state index contributed by atoms with van der Waals surface area (Å²) in [4.78, 5) is 12.2. The molecule has 4 heteroatoms. The molecule has 0 heterocycles. The van der Waals surface area contributed by atoms with Crippen LogP contribution in [0.2, 0.25) is 0 Å². The van der Waals surface area contributed by atoms with Gasteiger partial charge in [0.05, 0.1) is 11.8 Å². The lowest BCUT2D eigenvalue weighted by Crippen LogP contribution is -2.53. The van der Waals surface area contributed by atoms with Gasteiger partial charge >= 0.3 is 0 Å². The van der Waals surface area contributed by atoms with Crippen LogP contribution in [0.1, 0.15) is 65.7 Å². The highest BCUT2D eigenvalue weighted by molar-refractivity contribution is 5.99. The number of carbonyl (C=O) groups excluding carboxylic acids is 1. The van der Waals surface area contributed by atoms with E-state index in [-0.39, 0.29) is 28.8 Å². The van der Waals surface area contributed by atoms with Crippen LogP contribution in [0, 0.1) is 34.5 Å². The molecule has 4 aliphatic carbocycles. The molecule has 4 aliphatic rings. The lowest BCUT2D eigenvalue weighted by molar-refractivity contribution is -0.126. The minimum atomic E-state index is -0.286. The maximum atomic E-state index is 12.2. The number of ketones is 1. The first-order chi connectivity index (χ1) is 11.8. The minimum absolute atomic E-state index is 0.0127. The normalized spacial score (nSPS) is 50.6. The second kappa shape index (κ2) is 5.67. The van der Waals surface area contributed by atoms with Crippen LogP contribution >= 0.6 is 0 Å². The third-order valence-corrected chi connectivity index (χ3v) is 8.53. The highest BCUT2D eigenvalue weighted by atomic mass is 16.4. The van der Waals surface area contributed by atoms with Crippen molar-refractivity contribution in [3.63, 3.8) is 0 Å². The van der Waals surface area contributed by atoms with Gasteiger partial charge < -0.3 is 5.11 Å². The van der Waals surface area contributed by atoms with Crippen molar-refractivity contribution in [2.45, 2.75) is 71.8 Å². The van der Waals surface area contributed by atoms with Gasteiger partial charge in [0.1, 0.15) is 5.78 Å². The second-order valence-electron chi connectivity index (χ2n) is 9.52. The Labute approximate surface area is 150 Å². The molecule has 0 aliphatic heterocycles. The van der Waals surface area contributed by atoms with Gasteiger partial charge in [0.2, 0.25) is 0 Å². The SMILES string of the molecule is CC(=O)[C@H]1CC[C@H]2[C@@H]3/C(=N/[O])C=C4C[C@@H](O)CC[C@]4(C)[C@H]3CC[C@]12C. The Morgan fingerprint density at radius 3 is 2.60 bits per heavy atom. The van der Waals surface area contributed by atoms with Crippen molar-refractivity contribution in [3.05, 3.63) is 11.6 Å². The van der Waals surface area contributed by atoms with Gasteiger partial charge in [-0.15, -0.1) is 5.21 Å². The van der Waals surface area contributed by atoms with Gasteiger partial charge in [-0.05, 0) is 85.8 Å². The predicted octanol–water partition coefficient (Wildman–Crippen LogP) is 3.91. The first-order valence-electron chi connectivity index (χ1n) is 9.91. The first kappa shape index (κ1) is 17.3. The number of rotatable bonds is 1. The molecule has 137 valence electrons. The summed E-state index contributed by atoms with van der Waals surface area (Å²) >= 11 is 0. The second-order valence-corrected chi connectivity index (χ2v) is 9.52. The molecular formula is C21H30NO3. The van der Waals surface area contributed by atoms with Crippen LogP contribution in [0.3, 0.4) is 0 Å². The third kappa shape index (κ3) is 2.29. The Hall–Kier alpha value is -1.16. The van der Waals surface area contributed by atoms with E-state index >= 15 is 0 Å². The number of Topliss-reactive ketones (excluding diaryl/α,β-unsaturated/α-hetero) is 1. The Kier molecular flexibility index (Phi) is 3.91. The predicted molar refractivity (Wildman–Crippen MR) is 95.4 cm³/mol. The molecular weight excluding hydrogens is 314 g/mol. The van der Waals surface area contributed by atoms with Gasteiger partial charge in [0, 0.05) is 11.8 Å². The van der Waals surface area contributed by atoms with Crippen LogP contribution in [0.15, 0.2) is 16.8 Å². The molecule has 0 bridgehead atoms. The van der Waals surface area contributed by atoms with Crippen LogP contribution in [-0.4, -0.2) is 22.7 Å². The van der Waals surface area contributed by atoms with Crippen molar-refractivity contribution >= 4 is 11.5 Å². The molecule has 1 radical (unpaired) electrons. The number of aliphatic hydroxyl groups excluding tert-OH is 1. The van der Waals surface area contributed by atoms with E-state index in [2.05, 4.69) is 19.0 Å². The standard InChI is InChI=1S/C21H30NO3/c1-12(23)15-4-5-16-19-17(7-9-21(15,16)3)20(2)8-6-14(24)10-13(20)11-18(19)22-25/h11,14-17,19,24H,4-10H2,1-3H3/b22-18+/t14-,15+,16-,17-,19-,20-,21+/m0/s1. The fourth-order valence-corrected chi connectivity index (χ4v) is 7.16. The number of nitrogens with zero attached hydrogens (tertiary/aromatic N) is 1. The molecule has 0 saturated heterocycles. The number of hydrogen-bond donors (Lipinski definition) is 1. The Morgan fingerprint density at radius 1 is 1.16 bits per heavy atom. The molecule has 0 unspecified atom stereocenters. The van der Waals surface area contributed by atoms with Crippen molar-refractivity contribution in [1.82, 2.24) is 0 Å². The van der Waals surface area contributed by atoms with Gasteiger partial charge in [-0.25, -0.2) is 0 Å². The summed E-state index contributed by atoms with van der Waals surface area (Å²) < 4.78 is 0. The Balaban J connectivity index is 1.77. The zero-order chi connectivity index (χ0) is 18.0. The monoisotopic (exact) mass is 344 g/mol. The number of aliphatic hydroxyl groups is 1. The van der Waals surface area contributed by atoms with Crippen molar-refractivity contribution < 1.29 is 15.1 Å². The fourth-order valence-electron chi connectivity index (χ4n) is 7.16. The third-order valence-electron chi connectivity index (χ3n) is 8.53. The quantitative estimate of drug-likeness (QED) is 0.733. The summed E-state index contributed by atoms with van der Waals surface area (Å²) in [5.74, 6) is 1.44. The van der Waals surface area contributed by atoms with Crippen LogP contribution in [0.5, 0.6) is 0 Å². The van der Waals surface area contributed by atoms with Crippen molar-refractivity contribution in [2.75, 3.05) is 0 Å². The van der Waals surface area contributed by atoms with E-state index < -0.39 is 0 Å². The molecule has 0 aromatic carbocycles. The highest BCUT2D eigenvalue weighted by Gasteiger charge is 2.61. The molecule has 4 rings (SSSR count). The summed E-state index contributed by atoms with van der Waals surface area (Å²) in [7, 11) is 0. The molecule has 0 aromatic heterocycles. The zero-order valence-electron chi connectivity index (χ0n) is 15.6. The van der Waals surface area contributed by atoms with E-state index in [1.165, 1.54) is 5.57 Å². The zero-order valence-corrected chi connectivity index (χ0v) is 15.6. The maximum Gasteiger partial charge on any atom is 0.133 e. The maximum absolute atomic E-state index is 12.2. The molecule has 25 heavy (non-hydrogen) atoms. The van der Waals surface area contributed by atoms with E-state index in [4.69, 9.17) is 0 Å². The van der Waals surface area contributed by atoms with Crippen LogP contribution < -0.4 is 0 Å². The molecule has 1 N–H and O–H groups in total. The highest BCUT2D eigenvalue weighted by Crippen LogP contribution is 2.65. The number of fused-ring (bicyclic) bond motifs is 5. The molecule has 0 spiro atoms. The summed E-state index contributed by atoms with van der Waals surface area (Å²) in [6, 6.07) is 0. The summed E-state index contributed by atoms with van der Waals surface area (Å²) in [6.07, 6.45) is 8.36.